The molecule has 0 heterocycles. The van der Waals surface area contributed by atoms with Crippen molar-refractivity contribution in [3.63, 3.8) is 0 Å². The van der Waals surface area contributed by atoms with Gasteiger partial charge in [-0.25, -0.2) is 4.79 Å². The Morgan fingerprint density at radius 3 is 1.83 bits per heavy atom. The van der Waals surface area contributed by atoms with Gasteiger partial charge in [-0.2, -0.15) is 47.6 Å². The van der Waals surface area contributed by atoms with E-state index in [1.807, 2.05) is 0 Å². The predicted octanol–water partition coefficient (Wildman–Crippen LogP) is 2.06. The Kier molecular flexibility index (Phi) is 7.97. The number of hydroxylamine groups is 1. The van der Waals surface area contributed by atoms with E-state index in [2.05, 4.69) is 0 Å². The lowest BCUT2D eigenvalue weighted by Crippen LogP contribution is -3.14. The topological polar surface area (TPSA) is 133 Å². The number of alkyl halides is 6. The van der Waals surface area contributed by atoms with Crippen LogP contribution in [0.5, 0.6) is 0 Å². The molecule has 8 nitrogen and oxygen atoms in total. The first-order chi connectivity index (χ1) is 12.6. The van der Waals surface area contributed by atoms with Gasteiger partial charge in [0.2, 0.25) is 0 Å². The first-order valence-electron chi connectivity index (χ1n) is 6.23. The lowest BCUT2D eigenvalue weighted by molar-refractivity contribution is -0.612. The van der Waals surface area contributed by atoms with E-state index in [9.17, 15) is 53.2 Å². The van der Waals surface area contributed by atoms with Crippen LogP contribution in [0.25, 0.3) is 0 Å². The summed E-state index contributed by atoms with van der Waals surface area (Å²) in [7, 11) is -14.6. The van der Waals surface area contributed by atoms with Crippen LogP contribution in [0, 0.1) is 15.9 Å². The van der Waals surface area contributed by atoms with E-state index in [1.165, 1.54) is 28.7 Å². The van der Waals surface area contributed by atoms with E-state index in [4.69, 9.17) is 4.55 Å². The maximum absolute atomic E-state index is 13.8. The van der Waals surface area contributed by atoms with E-state index in [0.717, 1.165) is 6.07 Å². The highest BCUT2D eigenvalue weighted by molar-refractivity contribution is 14.1. The highest BCUT2D eigenvalue weighted by Gasteiger charge is 2.84. The van der Waals surface area contributed by atoms with Crippen LogP contribution in [0.1, 0.15) is 10.4 Å². The normalized spacial score (nSPS) is 15.3. The fourth-order valence-corrected chi connectivity index (χ4v) is 5.54. The van der Waals surface area contributed by atoms with Crippen molar-refractivity contribution in [2.45, 2.75) is 16.4 Å². The molecular formula is C10H4F6I3NO7S2. The molecule has 29 heavy (non-hydrogen) atoms. The van der Waals surface area contributed by atoms with Crippen LogP contribution in [-0.4, -0.2) is 43.7 Å². The molecule has 0 saturated carbocycles. The van der Waals surface area contributed by atoms with Gasteiger partial charge in [0.15, 0.2) is 0 Å². The van der Waals surface area contributed by atoms with Crippen molar-refractivity contribution in [1.82, 2.24) is 0 Å². The third kappa shape index (κ3) is 4.50. The van der Waals surface area contributed by atoms with Crippen molar-refractivity contribution in [3.05, 3.63) is 33.6 Å². The summed E-state index contributed by atoms with van der Waals surface area (Å²) in [5.41, 5.74) is -0.795. The largest absolute Gasteiger partial charge is 0.610 e. The highest BCUT2D eigenvalue weighted by atomic mass is 127. The number of sulfonamides is 1. The summed E-state index contributed by atoms with van der Waals surface area (Å²) in [5.74, 6) is -9.55. The van der Waals surface area contributed by atoms with E-state index in [-0.39, 0.29) is 10.7 Å². The molecule has 0 spiro atoms. The SMILES string of the molecule is O=C(c1cc(I)cc(I)c1I)[NH+]([O-])S(=O)(=O)C(F)(F)C(F)(F)C(F)(F)S(=O)(=O)O. The van der Waals surface area contributed by atoms with Crippen LogP contribution in [0.2, 0.25) is 0 Å². The molecule has 1 atom stereocenters. The Morgan fingerprint density at radius 1 is 0.966 bits per heavy atom. The number of rotatable bonds is 6. The van der Waals surface area contributed by atoms with Crippen LogP contribution in [0.3, 0.4) is 0 Å². The summed E-state index contributed by atoms with van der Waals surface area (Å²) < 4.78 is 130. The molecule has 0 aliphatic carbocycles. The second-order valence-corrected chi connectivity index (χ2v) is 11.8. The van der Waals surface area contributed by atoms with Crippen molar-refractivity contribution in [3.8, 4) is 0 Å². The molecule has 0 bridgehead atoms. The second-order valence-electron chi connectivity index (χ2n) is 4.95. The maximum atomic E-state index is 13.8. The van der Waals surface area contributed by atoms with E-state index in [0.29, 0.717) is 0 Å². The Bertz CT molecular complexity index is 1060. The molecule has 166 valence electrons. The van der Waals surface area contributed by atoms with Crippen LogP contribution < -0.4 is 4.47 Å². The molecule has 0 aromatic heterocycles. The lowest BCUT2D eigenvalue weighted by Gasteiger charge is -2.32. The summed E-state index contributed by atoms with van der Waals surface area (Å²) in [6.45, 7) is 0. The zero-order valence-corrected chi connectivity index (χ0v) is 20.9. The Hall–Kier alpha value is 0.440. The first-order valence-corrected chi connectivity index (χ1v) is 12.4. The molecule has 2 N–H and O–H groups in total. The van der Waals surface area contributed by atoms with Crippen molar-refractivity contribution in [2.75, 3.05) is 0 Å². The number of hydrogen-bond donors (Lipinski definition) is 2. The zero-order valence-electron chi connectivity index (χ0n) is 12.8. The smallest absolute Gasteiger partial charge is 0.465 e. The number of halogens is 9. The quantitative estimate of drug-likeness (QED) is 0.148. The number of carbonyl (C=O) groups excluding carboxylic acids is 1. The predicted molar refractivity (Wildman–Crippen MR) is 109 cm³/mol. The van der Waals surface area contributed by atoms with Gasteiger partial charge in [0.05, 0.1) is 5.56 Å². The summed E-state index contributed by atoms with van der Waals surface area (Å²) in [5, 5.41) is -2.29. The third-order valence-electron chi connectivity index (χ3n) is 3.06. The van der Waals surface area contributed by atoms with Crippen LogP contribution in [0.4, 0.5) is 26.3 Å². The molecule has 1 amide bonds. The minimum atomic E-state index is -7.37. The molecule has 0 radical (unpaired) electrons. The van der Waals surface area contributed by atoms with Crippen LogP contribution in [0.15, 0.2) is 12.1 Å². The fourth-order valence-electron chi connectivity index (χ4n) is 1.57. The van der Waals surface area contributed by atoms with Crippen molar-refractivity contribution >= 4 is 93.8 Å². The van der Waals surface area contributed by atoms with Crippen molar-refractivity contribution < 1.29 is 57.0 Å². The highest BCUT2D eigenvalue weighted by Crippen LogP contribution is 2.49. The summed E-state index contributed by atoms with van der Waals surface area (Å²) in [6.07, 6.45) is 0. The first kappa shape index (κ1) is 27.5. The molecular weight excluding hydrogens is 805 g/mol. The number of quaternary nitrogens is 1. The molecule has 0 aliphatic rings. The van der Waals surface area contributed by atoms with Gasteiger partial charge in [0, 0.05) is 10.7 Å². The summed E-state index contributed by atoms with van der Waals surface area (Å²) in [6, 6.07) is 2.26. The third-order valence-corrected chi connectivity index (χ3v) is 9.24. The molecule has 19 heteroatoms. The lowest BCUT2D eigenvalue weighted by atomic mass is 10.2. The summed E-state index contributed by atoms with van der Waals surface area (Å²) in [4.78, 5) is 12.1. The average Bonchev–Trinajstić information content (AvgIpc) is 2.55. The minimum absolute atomic E-state index is 0.129. The number of amides is 1. The van der Waals surface area contributed by atoms with Gasteiger partial charge < -0.3 is 5.21 Å². The molecule has 0 fully saturated rings. The molecule has 1 unspecified atom stereocenters. The Balaban J connectivity index is 3.60. The van der Waals surface area contributed by atoms with E-state index in [1.54, 1.807) is 45.2 Å². The number of nitrogens with one attached hydrogen (secondary N) is 1. The van der Waals surface area contributed by atoms with Gasteiger partial charge in [-0.05, 0) is 79.9 Å². The monoisotopic (exact) mass is 809 g/mol. The molecule has 0 saturated heterocycles. The van der Waals surface area contributed by atoms with Gasteiger partial charge in [-0.1, -0.05) is 0 Å². The standard InChI is InChI=1S/C10H4F6I3NO7S2/c11-8(12,10(15,16)29(25,26)27)9(13,14)28(23,24)20(22)7(21)4-1-3(17)2-5(18)6(4)19/h1-2,20H,(H,25,26,27). The van der Waals surface area contributed by atoms with Gasteiger partial charge >= 0.3 is 42.5 Å². The molecule has 1 rings (SSSR count). The number of carbonyl (C=O) groups is 1. The minimum Gasteiger partial charge on any atom is -0.610 e. The molecule has 0 aliphatic heterocycles. The van der Waals surface area contributed by atoms with Gasteiger partial charge in [-0.3, -0.25) is 4.55 Å². The fraction of sp³-hybridized carbons (Fsp3) is 0.300. The Morgan fingerprint density at radius 2 is 1.41 bits per heavy atom. The zero-order chi connectivity index (χ0) is 23.4. The molecule has 1 aromatic carbocycles. The molecule has 1 aromatic rings. The van der Waals surface area contributed by atoms with Crippen LogP contribution in [-0.2, 0) is 20.1 Å². The van der Waals surface area contributed by atoms with Crippen LogP contribution >= 0.6 is 67.8 Å². The van der Waals surface area contributed by atoms with E-state index < -0.39 is 52.5 Å². The maximum Gasteiger partial charge on any atom is 0.465 e. The number of benzene rings is 1. The second kappa shape index (κ2) is 8.42. The number of hydrogen-bond acceptors (Lipinski definition) is 6. The average molecular weight is 809 g/mol. The van der Waals surface area contributed by atoms with Gasteiger partial charge in [0.1, 0.15) is 0 Å². The summed E-state index contributed by atoms with van der Waals surface area (Å²) >= 11 is 4.62. The van der Waals surface area contributed by atoms with E-state index >= 15 is 0 Å². The van der Waals surface area contributed by atoms with Gasteiger partial charge in [0.25, 0.3) is 0 Å². The van der Waals surface area contributed by atoms with Crippen molar-refractivity contribution in [1.29, 1.82) is 0 Å². The van der Waals surface area contributed by atoms with Crippen molar-refractivity contribution in [2.24, 2.45) is 0 Å². The Labute approximate surface area is 199 Å². The van der Waals surface area contributed by atoms with Gasteiger partial charge in [-0.15, -0.1) is 0 Å².